The smallest absolute Gasteiger partial charge is 0.192 e. The van der Waals surface area contributed by atoms with Crippen molar-refractivity contribution in [2.75, 3.05) is 0 Å². The van der Waals surface area contributed by atoms with Crippen molar-refractivity contribution in [2.24, 2.45) is 5.14 Å². The minimum atomic E-state index is -1.36. The molecule has 0 aliphatic carbocycles. The molecule has 62 valence electrons. The molecule has 1 aromatic carbocycles. The minimum Gasteiger partial charge on any atom is -0.593 e. The van der Waals surface area contributed by atoms with Gasteiger partial charge >= 0.3 is 0 Å². The lowest BCUT2D eigenvalue weighted by molar-refractivity contribution is 0.598. The summed E-state index contributed by atoms with van der Waals surface area (Å²) in [7, 11) is 0. The molecule has 2 rings (SSSR count). The predicted octanol–water partition coefficient (Wildman–Crippen LogP) is 1.88. The highest BCUT2D eigenvalue weighted by atomic mass is 32.2. The second-order valence-electron chi connectivity index (χ2n) is 2.39. The fraction of sp³-hybridized carbons (Fsp3) is 0. The molecule has 0 aliphatic rings. The Bertz CT molecular complexity index is 397. The van der Waals surface area contributed by atoms with Crippen LogP contribution < -0.4 is 5.14 Å². The van der Waals surface area contributed by atoms with E-state index in [1.807, 2.05) is 29.6 Å². The Hall–Kier alpha value is -0.550. The Labute approximate surface area is 77.3 Å². The van der Waals surface area contributed by atoms with Crippen molar-refractivity contribution in [3.8, 4) is 0 Å². The molecule has 0 radical (unpaired) electrons. The van der Waals surface area contributed by atoms with Crippen LogP contribution in [0.2, 0.25) is 0 Å². The molecular formula is C8H7NOS2. The van der Waals surface area contributed by atoms with Gasteiger partial charge in [-0.1, -0.05) is 12.1 Å². The van der Waals surface area contributed by atoms with Gasteiger partial charge in [0.15, 0.2) is 4.90 Å². The zero-order valence-electron chi connectivity index (χ0n) is 6.19. The maximum Gasteiger partial charge on any atom is 0.192 e. The Balaban J connectivity index is 2.70. The van der Waals surface area contributed by atoms with Crippen LogP contribution in [0.3, 0.4) is 0 Å². The number of thiophene rings is 1. The van der Waals surface area contributed by atoms with E-state index in [9.17, 15) is 4.55 Å². The van der Waals surface area contributed by atoms with Crippen LogP contribution in [0.1, 0.15) is 0 Å². The van der Waals surface area contributed by atoms with Crippen LogP contribution in [0.25, 0.3) is 10.1 Å². The SMILES string of the molecule is N[S@+]([O-])c1csc2ccccc12. The first kappa shape index (κ1) is 8.07. The normalized spacial score (nSPS) is 13.5. The Morgan fingerprint density at radius 1 is 1.33 bits per heavy atom. The number of rotatable bonds is 1. The van der Waals surface area contributed by atoms with E-state index in [1.54, 1.807) is 11.3 Å². The van der Waals surface area contributed by atoms with Crippen LogP contribution >= 0.6 is 11.3 Å². The third-order valence-corrected chi connectivity index (χ3v) is 3.55. The number of fused-ring (bicyclic) bond motifs is 1. The topological polar surface area (TPSA) is 49.1 Å². The molecule has 0 unspecified atom stereocenters. The summed E-state index contributed by atoms with van der Waals surface area (Å²) in [6.45, 7) is 0. The lowest BCUT2D eigenvalue weighted by Gasteiger charge is -1.98. The summed E-state index contributed by atoms with van der Waals surface area (Å²) in [6, 6.07) is 7.82. The van der Waals surface area contributed by atoms with Crippen LogP contribution in [-0.2, 0) is 11.4 Å². The third kappa shape index (κ3) is 1.23. The largest absolute Gasteiger partial charge is 0.593 e. The second kappa shape index (κ2) is 3.06. The Morgan fingerprint density at radius 3 is 2.83 bits per heavy atom. The minimum absolute atomic E-state index is 0.732. The molecule has 0 bridgehead atoms. The van der Waals surface area contributed by atoms with E-state index in [2.05, 4.69) is 0 Å². The van der Waals surface area contributed by atoms with Crippen molar-refractivity contribution in [2.45, 2.75) is 4.90 Å². The van der Waals surface area contributed by atoms with E-state index in [0.717, 1.165) is 15.0 Å². The number of hydrogen-bond donors (Lipinski definition) is 1. The van der Waals surface area contributed by atoms with Gasteiger partial charge in [0.2, 0.25) is 0 Å². The predicted molar refractivity (Wildman–Crippen MR) is 52.4 cm³/mol. The van der Waals surface area contributed by atoms with E-state index in [4.69, 9.17) is 5.14 Å². The summed E-state index contributed by atoms with van der Waals surface area (Å²) in [5.74, 6) is 0. The standard InChI is InChI=1S/C8H7NOS2/c9-12(10)8-5-11-7-4-2-1-3-6(7)8/h1-5H,9H2/t12-/m1/s1. The van der Waals surface area contributed by atoms with Crippen molar-refractivity contribution in [1.29, 1.82) is 0 Å². The van der Waals surface area contributed by atoms with Crippen molar-refractivity contribution in [1.82, 2.24) is 0 Å². The summed E-state index contributed by atoms with van der Waals surface area (Å²) in [5.41, 5.74) is 0. The Kier molecular flexibility index (Phi) is 2.06. The molecule has 0 amide bonds. The lowest BCUT2D eigenvalue weighted by atomic mass is 10.3. The number of hydrogen-bond acceptors (Lipinski definition) is 3. The van der Waals surface area contributed by atoms with Crippen molar-refractivity contribution >= 4 is 32.8 Å². The summed E-state index contributed by atoms with van der Waals surface area (Å²) in [4.78, 5) is 0.732. The molecule has 0 aliphatic heterocycles. The lowest BCUT2D eigenvalue weighted by Crippen LogP contribution is -2.11. The highest BCUT2D eigenvalue weighted by molar-refractivity contribution is 7.89. The van der Waals surface area contributed by atoms with Gasteiger partial charge < -0.3 is 4.55 Å². The summed E-state index contributed by atoms with van der Waals surface area (Å²) >= 11 is 0.207. The maximum absolute atomic E-state index is 11.0. The van der Waals surface area contributed by atoms with Crippen LogP contribution in [-0.4, -0.2) is 4.55 Å². The van der Waals surface area contributed by atoms with E-state index in [0.29, 0.717) is 0 Å². The molecule has 12 heavy (non-hydrogen) atoms. The molecular weight excluding hydrogens is 190 g/mol. The van der Waals surface area contributed by atoms with Gasteiger partial charge in [-0.25, -0.2) is 0 Å². The fourth-order valence-corrected chi connectivity index (χ4v) is 2.92. The molecule has 4 heteroatoms. The molecule has 2 nitrogen and oxygen atoms in total. The van der Waals surface area contributed by atoms with E-state index in [-0.39, 0.29) is 0 Å². The number of nitrogens with two attached hydrogens (primary N) is 1. The second-order valence-corrected chi connectivity index (χ2v) is 4.34. The molecule has 2 aromatic rings. The summed E-state index contributed by atoms with van der Waals surface area (Å²) < 4.78 is 12.1. The molecule has 0 saturated carbocycles. The van der Waals surface area contributed by atoms with Crippen molar-refractivity contribution < 1.29 is 4.55 Å². The molecule has 0 fully saturated rings. The summed E-state index contributed by atoms with van der Waals surface area (Å²) in [6.07, 6.45) is 0. The molecule has 0 saturated heterocycles. The number of benzene rings is 1. The van der Waals surface area contributed by atoms with Crippen LogP contribution in [0.4, 0.5) is 0 Å². The van der Waals surface area contributed by atoms with E-state index >= 15 is 0 Å². The molecule has 1 aromatic heterocycles. The fourth-order valence-electron chi connectivity index (χ4n) is 1.11. The molecule has 0 spiro atoms. The van der Waals surface area contributed by atoms with Gasteiger partial charge in [-0.05, 0) is 12.1 Å². The van der Waals surface area contributed by atoms with E-state index < -0.39 is 11.4 Å². The quantitative estimate of drug-likeness (QED) is 0.710. The maximum atomic E-state index is 11.0. The molecule has 1 atom stereocenters. The van der Waals surface area contributed by atoms with Crippen molar-refractivity contribution in [3.63, 3.8) is 0 Å². The summed E-state index contributed by atoms with van der Waals surface area (Å²) in [5, 5.41) is 8.15. The van der Waals surface area contributed by atoms with Crippen molar-refractivity contribution in [3.05, 3.63) is 29.6 Å². The highest BCUT2D eigenvalue weighted by Gasteiger charge is 2.11. The average Bonchev–Trinajstić information content (AvgIpc) is 2.47. The van der Waals surface area contributed by atoms with Gasteiger partial charge in [0.1, 0.15) is 0 Å². The first-order chi connectivity index (χ1) is 5.79. The third-order valence-electron chi connectivity index (χ3n) is 1.66. The Morgan fingerprint density at radius 2 is 2.08 bits per heavy atom. The molecule has 1 heterocycles. The van der Waals surface area contributed by atoms with Crippen LogP contribution in [0.15, 0.2) is 34.5 Å². The van der Waals surface area contributed by atoms with E-state index in [1.165, 1.54) is 0 Å². The first-order valence-electron chi connectivity index (χ1n) is 3.41. The first-order valence-corrected chi connectivity index (χ1v) is 5.50. The zero-order valence-corrected chi connectivity index (χ0v) is 7.82. The van der Waals surface area contributed by atoms with Gasteiger partial charge in [0.05, 0.1) is 11.4 Å². The van der Waals surface area contributed by atoms with Gasteiger partial charge in [0.25, 0.3) is 0 Å². The average molecular weight is 197 g/mol. The van der Waals surface area contributed by atoms with Gasteiger partial charge in [-0.3, -0.25) is 0 Å². The van der Waals surface area contributed by atoms with Gasteiger partial charge in [-0.15, -0.1) is 16.5 Å². The highest BCUT2D eigenvalue weighted by Crippen LogP contribution is 2.27. The zero-order chi connectivity index (χ0) is 8.55. The molecule has 2 N–H and O–H groups in total. The van der Waals surface area contributed by atoms with Gasteiger partial charge in [0, 0.05) is 15.5 Å². The van der Waals surface area contributed by atoms with Crippen LogP contribution in [0.5, 0.6) is 0 Å². The monoisotopic (exact) mass is 197 g/mol. The van der Waals surface area contributed by atoms with Gasteiger partial charge in [-0.2, -0.15) is 0 Å². The van der Waals surface area contributed by atoms with Crippen LogP contribution in [0, 0.1) is 0 Å².